The Labute approximate surface area is 148 Å². The highest BCUT2D eigenvalue weighted by molar-refractivity contribution is 7.90. The van der Waals surface area contributed by atoms with Crippen molar-refractivity contribution in [2.45, 2.75) is 24.6 Å². The van der Waals surface area contributed by atoms with Crippen LogP contribution in [0.4, 0.5) is 5.69 Å². The van der Waals surface area contributed by atoms with E-state index in [1.807, 2.05) is 48.5 Å². The molecule has 1 aliphatic heterocycles. The Bertz CT molecular complexity index is 955. The number of rotatable bonds is 2. The quantitative estimate of drug-likeness (QED) is 0.803. The monoisotopic (exact) mass is 358 g/mol. The second-order valence-electron chi connectivity index (χ2n) is 6.48. The van der Waals surface area contributed by atoms with Gasteiger partial charge in [-0.25, -0.2) is 17.7 Å². The Kier molecular flexibility index (Phi) is 3.99. The molecule has 0 fully saturated rings. The molecule has 0 radical (unpaired) electrons. The molecule has 132 valence electrons. The summed E-state index contributed by atoms with van der Waals surface area (Å²) in [5.41, 5.74) is 14.2. The lowest BCUT2D eigenvalue weighted by Crippen LogP contribution is -2.55. The molecule has 0 aromatic heterocycles. The first-order valence-electron chi connectivity index (χ1n) is 7.96. The van der Waals surface area contributed by atoms with Crippen molar-refractivity contribution in [3.05, 3.63) is 54.1 Å². The highest BCUT2D eigenvalue weighted by atomic mass is 32.2. The number of nitrogen functional groups attached to an aromatic ring is 1. The molecule has 1 unspecified atom stereocenters. The third-order valence-corrected chi connectivity index (χ3v) is 7.26. The van der Waals surface area contributed by atoms with Crippen LogP contribution in [0.2, 0.25) is 0 Å². The van der Waals surface area contributed by atoms with Gasteiger partial charge in [-0.15, -0.1) is 0 Å². The van der Waals surface area contributed by atoms with Crippen LogP contribution in [0.5, 0.6) is 0 Å². The fraction of sp³-hybridized carbons (Fsp3) is 0.278. The van der Waals surface area contributed by atoms with Crippen LogP contribution < -0.4 is 11.5 Å². The Morgan fingerprint density at radius 2 is 1.68 bits per heavy atom. The maximum Gasteiger partial charge on any atom is 0.242 e. The van der Waals surface area contributed by atoms with Gasteiger partial charge in [-0.3, -0.25) is 0 Å². The molecule has 25 heavy (non-hydrogen) atoms. The highest BCUT2D eigenvalue weighted by Gasteiger charge is 2.47. The van der Waals surface area contributed by atoms with Gasteiger partial charge in [0.2, 0.25) is 16.0 Å². The van der Waals surface area contributed by atoms with E-state index in [0.29, 0.717) is 5.69 Å². The first kappa shape index (κ1) is 17.3. The van der Waals surface area contributed by atoms with E-state index in [9.17, 15) is 8.42 Å². The van der Waals surface area contributed by atoms with Crippen LogP contribution in [0.3, 0.4) is 0 Å². The van der Waals surface area contributed by atoms with Crippen LogP contribution in [0.1, 0.15) is 19.4 Å². The molecule has 3 rings (SSSR count). The minimum atomic E-state index is -3.57. The van der Waals surface area contributed by atoms with E-state index in [4.69, 9.17) is 11.5 Å². The molecular weight excluding hydrogens is 336 g/mol. The molecule has 0 bridgehead atoms. The Morgan fingerprint density at radius 1 is 1.08 bits per heavy atom. The molecule has 6 nitrogen and oxygen atoms in total. The lowest BCUT2D eigenvalue weighted by atomic mass is 9.87. The summed E-state index contributed by atoms with van der Waals surface area (Å²) < 4.78 is 26.4. The summed E-state index contributed by atoms with van der Waals surface area (Å²) in [5, 5.41) is -0.742. The van der Waals surface area contributed by atoms with Gasteiger partial charge in [0.25, 0.3) is 0 Å². The van der Waals surface area contributed by atoms with Crippen molar-refractivity contribution in [1.29, 1.82) is 0 Å². The minimum absolute atomic E-state index is 0.00467. The van der Waals surface area contributed by atoms with E-state index in [-0.39, 0.29) is 5.96 Å². The van der Waals surface area contributed by atoms with Crippen LogP contribution >= 0.6 is 0 Å². The molecule has 0 aliphatic carbocycles. The van der Waals surface area contributed by atoms with Crippen LogP contribution in [0, 0.1) is 0 Å². The number of hydrogen-bond acceptors (Lipinski definition) is 5. The lowest BCUT2D eigenvalue weighted by molar-refractivity contribution is 0.421. The van der Waals surface area contributed by atoms with Gasteiger partial charge in [-0.2, -0.15) is 0 Å². The van der Waals surface area contributed by atoms with Gasteiger partial charge in [0.1, 0.15) is 10.8 Å². The molecule has 7 heteroatoms. The van der Waals surface area contributed by atoms with Crippen LogP contribution in [0.25, 0.3) is 11.1 Å². The SMILES string of the molecule is CC1[C@@](C)(c2cccc(-c3cccc(N)c3)c2)N=C(N)N(C)S1(=O)=O. The summed E-state index contributed by atoms with van der Waals surface area (Å²) in [6.07, 6.45) is 0. The molecule has 2 aromatic rings. The average Bonchev–Trinajstić information content (AvgIpc) is 2.59. The highest BCUT2D eigenvalue weighted by Crippen LogP contribution is 2.38. The van der Waals surface area contributed by atoms with Gasteiger partial charge in [0.05, 0.1) is 0 Å². The van der Waals surface area contributed by atoms with E-state index in [1.54, 1.807) is 13.8 Å². The second kappa shape index (κ2) is 5.77. The fourth-order valence-corrected chi connectivity index (χ4v) is 4.63. The van der Waals surface area contributed by atoms with Gasteiger partial charge in [-0.05, 0) is 48.7 Å². The minimum Gasteiger partial charge on any atom is -0.399 e. The predicted molar refractivity (Wildman–Crippen MR) is 101 cm³/mol. The summed E-state index contributed by atoms with van der Waals surface area (Å²) in [7, 11) is -2.15. The molecule has 0 spiro atoms. The van der Waals surface area contributed by atoms with Crippen molar-refractivity contribution >= 4 is 21.7 Å². The molecule has 1 aliphatic rings. The number of nitrogens with two attached hydrogens (primary N) is 2. The van der Waals surface area contributed by atoms with Gasteiger partial charge in [0, 0.05) is 12.7 Å². The van der Waals surface area contributed by atoms with Gasteiger partial charge in [0.15, 0.2) is 0 Å². The number of guanidine groups is 1. The number of anilines is 1. The largest absolute Gasteiger partial charge is 0.399 e. The molecule has 4 N–H and O–H groups in total. The molecule has 1 heterocycles. The zero-order valence-corrected chi connectivity index (χ0v) is 15.3. The van der Waals surface area contributed by atoms with Gasteiger partial charge in [-0.1, -0.05) is 30.3 Å². The predicted octanol–water partition coefficient (Wildman–Crippen LogP) is 2.13. The zero-order valence-electron chi connectivity index (χ0n) is 14.5. The topological polar surface area (TPSA) is 102 Å². The molecule has 0 saturated heterocycles. The number of nitrogens with zero attached hydrogens (tertiary/aromatic N) is 2. The molecular formula is C18H22N4O2S. The Hall–Kier alpha value is -2.54. The summed E-state index contributed by atoms with van der Waals surface area (Å²) in [4.78, 5) is 4.51. The number of aliphatic imine (C=N–C) groups is 1. The lowest BCUT2D eigenvalue weighted by Gasteiger charge is -2.39. The average molecular weight is 358 g/mol. The molecule has 2 aromatic carbocycles. The Morgan fingerprint density at radius 3 is 2.32 bits per heavy atom. The third-order valence-electron chi connectivity index (χ3n) is 4.96. The van der Waals surface area contributed by atoms with Crippen molar-refractivity contribution in [3.63, 3.8) is 0 Å². The van der Waals surface area contributed by atoms with Crippen molar-refractivity contribution in [2.75, 3.05) is 12.8 Å². The normalized spacial score (nSPS) is 25.5. The van der Waals surface area contributed by atoms with Crippen LogP contribution in [0.15, 0.2) is 53.5 Å². The van der Waals surface area contributed by atoms with Gasteiger partial charge >= 0.3 is 0 Å². The van der Waals surface area contributed by atoms with Crippen LogP contribution in [-0.4, -0.2) is 31.0 Å². The second-order valence-corrected chi connectivity index (χ2v) is 8.76. The van der Waals surface area contributed by atoms with Crippen molar-refractivity contribution in [3.8, 4) is 11.1 Å². The van der Waals surface area contributed by atoms with Gasteiger partial charge < -0.3 is 11.5 Å². The Balaban J connectivity index is 2.15. The maximum absolute atomic E-state index is 12.7. The van der Waals surface area contributed by atoms with Crippen molar-refractivity contribution < 1.29 is 8.42 Å². The molecule has 2 atom stereocenters. The molecule has 0 amide bonds. The van der Waals surface area contributed by atoms with Crippen LogP contribution in [-0.2, 0) is 15.6 Å². The molecule has 0 saturated carbocycles. The van der Waals surface area contributed by atoms with Crippen molar-refractivity contribution in [1.82, 2.24) is 4.31 Å². The standard InChI is InChI=1S/C18H22N4O2S/c1-12-18(2,21-17(20)22(3)25(12,23)24)15-8-4-6-13(10-15)14-7-5-9-16(19)11-14/h4-12H,19H2,1-3H3,(H2,20,21)/t12?,18-/m0/s1. The fourth-order valence-electron chi connectivity index (χ4n) is 3.09. The number of sulfonamides is 1. The number of hydrogen-bond donors (Lipinski definition) is 2. The zero-order chi connectivity index (χ0) is 18.4. The third kappa shape index (κ3) is 2.74. The first-order chi connectivity index (χ1) is 11.7. The maximum atomic E-state index is 12.7. The van der Waals surface area contributed by atoms with E-state index >= 15 is 0 Å². The first-order valence-corrected chi connectivity index (χ1v) is 9.46. The van der Waals surface area contributed by atoms with E-state index in [2.05, 4.69) is 4.99 Å². The van der Waals surface area contributed by atoms with E-state index in [1.165, 1.54) is 7.05 Å². The van der Waals surface area contributed by atoms with E-state index in [0.717, 1.165) is 21.0 Å². The summed E-state index contributed by atoms with van der Waals surface area (Å²) in [6, 6.07) is 15.2. The van der Waals surface area contributed by atoms with E-state index < -0.39 is 20.8 Å². The summed E-state index contributed by atoms with van der Waals surface area (Å²) in [6.45, 7) is 3.46. The smallest absolute Gasteiger partial charge is 0.242 e. The van der Waals surface area contributed by atoms with Crippen molar-refractivity contribution in [2.24, 2.45) is 10.7 Å². The number of benzene rings is 2. The summed E-state index contributed by atoms with van der Waals surface area (Å²) >= 11 is 0. The summed E-state index contributed by atoms with van der Waals surface area (Å²) in [5.74, 6) is -0.00467.